The third-order valence-corrected chi connectivity index (χ3v) is 3.69. The first-order valence-electron chi connectivity index (χ1n) is 7.33. The number of hydrogen-bond donors (Lipinski definition) is 1. The van der Waals surface area contributed by atoms with Crippen LogP contribution in [-0.4, -0.2) is 18.0 Å². The molecule has 27 heavy (non-hydrogen) atoms. The van der Waals surface area contributed by atoms with Crippen molar-refractivity contribution in [2.75, 3.05) is 5.32 Å². The SMILES string of the molecule is CC(OC(=O)c1c(F)cccc1F)C(=O)Nc1ccc(Cl)c(C(F)(F)F)c1. The average molecular weight is 408 g/mol. The third-order valence-electron chi connectivity index (χ3n) is 3.36. The van der Waals surface area contributed by atoms with E-state index in [0.717, 1.165) is 37.3 Å². The highest BCUT2D eigenvalue weighted by Crippen LogP contribution is 2.36. The zero-order valence-electron chi connectivity index (χ0n) is 13.5. The minimum Gasteiger partial charge on any atom is -0.449 e. The summed E-state index contributed by atoms with van der Waals surface area (Å²) in [6, 6.07) is 5.35. The van der Waals surface area contributed by atoms with Gasteiger partial charge in [0.1, 0.15) is 17.2 Å². The van der Waals surface area contributed by atoms with E-state index in [1.807, 2.05) is 0 Å². The summed E-state index contributed by atoms with van der Waals surface area (Å²) >= 11 is 5.47. The molecule has 144 valence electrons. The number of amides is 1. The minimum absolute atomic E-state index is 0.253. The fraction of sp³-hybridized carbons (Fsp3) is 0.176. The molecule has 0 aliphatic heterocycles. The van der Waals surface area contributed by atoms with E-state index < -0.39 is 51.9 Å². The van der Waals surface area contributed by atoms with Crippen molar-refractivity contribution in [1.29, 1.82) is 0 Å². The number of benzene rings is 2. The fourth-order valence-electron chi connectivity index (χ4n) is 2.03. The molecular formula is C17H11ClF5NO3. The summed E-state index contributed by atoms with van der Waals surface area (Å²) in [5, 5.41) is 1.54. The fourth-order valence-corrected chi connectivity index (χ4v) is 2.25. The predicted octanol–water partition coefficient (Wildman–Crippen LogP) is 4.82. The lowest BCUT2D eigenvalue weighted by molar-refractivity contribution is -0.137. The van der Waals surface area contributed by atoms with Crippen molar-refractivity contribution in [2.24, 2.45) is 0 Å². The maximum absolute atomic E-state index is 13.5. The highest BCUT2D eigenvalue weighted by atomic mass is 35.5. The molecule has 0 aliphatic carbocycles. The molecule has 0 heterocycles. The van der Waals surface area contributed by atoms with Crippen LogP contribution in [0.1, 0.15) is 22.8 Å². The van der Waals surface area contributed by atoms with Crippen molar-refractivity contribution in [3.8, 4) is 0 Å². The van der Waals surface area contributed by atoms with E-state index in [9.17, 15) is 31.5 Å². The van der Waals surface area contributed by atoms with Crippen LogP contribution in [0.2, 0.25) is 5.02 Å². The lowest BCUT2D eigenvalue weighted by Gasteiger charge is -2.15. The van der Waals surface area contributed by atoms with Crippen LogP contribution >= 0.6 is 11.6 Å². The molecule has 10 heteroatoms. The maximum Gasteiger partial charge on any atom is 0.417 e. The van der Waals surface area contributed by atoms with Gasteiger partial charge in [0, 0.05) is 5.69 Å². The Bertz CT molecular complexity index is 865. The number of ether oxygens (including phenoxy) is 1. The first kappa shape index (κ1) is 20.6. The van der Waals surface area contributed by atoms with Gasteiger partial charge in [-0.05, 0) is 37.3 Å². The highest BCUT2D eigenvalue weighted by Gasteiger charge is 2.33. The zero-order valence-corrected chi connectivity index (χ0v) is 14.3. The van der Waals surface area contributed by atoms with E-state index in [0.29, 0.717) is 6.07 Å². The highest BCUT2D eigenvalue weighted by molar-refractivity contribution is 6.31. The van der Waals surface area contributed by atoms with Gasteiger partial charge in [0.25, 0.3) is 5.91 Å². The molecule has 0 spiro atoms. The zero-order chi connectivity index (χ0) is 20.4. The number of carbonyl (C=O) groups excluding carboxylic acids is 2. The number of alkyl halides is 3. The molecule has 1 amide bonds. The summed E-state index contributed by atoms with van der Waals surface area (Å²) < 4.78 is 70.2. The molecule has 0 bridgehead atoms. The second-order valence-corrected chi connectivity index (χ2v) is 5.73. The van der Waals surface area contributed by atoms with Crippen molar-refractivity contribution < 1.29 is 36.3 Å². The maximum atomic E-state index is 13.5. The number of nitrogens with one attached hydrogen (secondary N) is 1. The van der Waals surface area contributed by atoms with Gasteiger partial charge in [-0.1, -0.05) is 17.7 Å². The largest absolute Gasteiger partial charge is 0.449 e. The van der Waals surface area contributed by atoms with E-state index >= 15 is 0 Å². The van der Waals surface area contributed by atoms with Crippen LogP contribution in [0.25, 0.3) is 0 Å². The standard InChI is InChI=1S/C17H11ClF5NO3/c1-8(27-16(26)14-12(19)3-2-4-13(14)20)15(25)24-9-5-6-11(18)10(7-9)17(21,22)23/h2-8H,1H3,(H,24,25). The Hall–Kier alpha value is -2.68. The Balaban J connectivity index is 2.11. The number of rotatable bonds is 4. The van der Waals surface area contributed by atoms with E-state index in [1.54, 1.807) is 0 Å². The quantitative estimate of drug-likeness (QED) is 0.584. The topological polar surface area (TPSA) is 55.4 Å². The normalized spacial score (nSPS) is 12.4. The Morgan fingerprint density at radius 2 is 1.70 bits per heavy atom. The number of halogens is 6. The Labute approximate surface area is 154 Å². The van der Waals surface area contributed by atoms with Gasteiger partial charge in [-0.15, -0.1) is 0 Å². The van der Waals surface area contributed by atoms with Crippen LogP contribution in [-0.2, 0) is 15.7 Å². The molecule has 0 saturated carbocycles. The Kier molecular flexibility index (Phi) is 6.04. The first-order chi connectivity index (χ1) is 12.5. The second kappa shape index (κ2) is 7.91. The molecule has 0 aromatic heterocycles. The Morgan fingerprint density at radius 3 is 2.26 bits per heavy atom. The van der Waals surface area contributed by atoms with Gasteiger partial charge >= 0.3 is 12.1 Å². The molecule has 1 atom stereocenters. The molecule has 0 aliphatic rings. The van der Waals surface area contributed by atoms with E-state index in [4.69, 9.17) is 11.6 Å². The molecule has 2 rings (SSSR count). The average Bonchev–Trinajstić information content (AvgIpc) is 2.55. The van der Waals surface area contributed by atoms with Crippen molar-refractivity contribution in [2.45, 2.75) is 19.2 Å². The van der Waals surface area contributed by atoms with E-state index in [1.165, 1.54) is 0 Å². The number of hydrogen-bond acceptors (Lipinski definition) is 3. The van der Waals surface area contributed by atoms with Gasteiger partial charge in [0.2, 0.25) is 0 Å². The number of esters is 1. The number of anilines is 1. The minimum atomic E-state index is -4.74. The molecule has 0 radical (unpaired) electrons. The van der Waals surface area contributed by atoms with Crippen LogP contribution in [0.3, 0.4) is 0 Å². The van der Waals surface area contributed by atoms with E-state index in [-0.39, 0.29) is 5.69 Å². The van der Waals surface area contributed by atoms with Crippen molar-refractivity contribution in [3.63, 3.8) is 0 Å². The summed E-state index contributed by atoms with van der Waals surface area (Å²) in [5.74, 6) is -4.80. The third kappa shape index (κ3) is 4.94. The lowest BCUT2D eigenvalue weighted by Crippen LogP contribution is -2.30. The van der Waals surface area contributed by atoms with Crippen LogP contribution in [0.15, 0.2) is 36.4 Å². The molecule has 2 aromatic rings. The molecule has 1 N–H and O–H groups in total. The van der Waals surface area contributed by atoms with Gasteiger partial charge in [-0.2, -0.15) is 13.2 Å². The second-order valence-electron chi connectivity index (χ2n) is 5.33. The van der Waals surface area contributed by atoms with Crippen LogP contribution in [0.5, 0.6) is 0 Å². The van der Waals surface area contributed by atoms with Gasteiger partial charge in [-0.25, -0.2) is 13.6 Å². The molecule has 4 nitrogen and oxygen atoms in total. The molecule has 1 unspecified atom stereocenters. The van der Waals surface area contributed by atoms with Gasteiger partial charge in [0.15, 0.2) is 6.10 Å². The van der Waals surface area contributed by atoms with Crippen molar-refractivity contribution >= 4 is 29.2 Å². The summed E-state index contributed by atoms with van der Waals surface area (Å²) in [6.07, 6.45) is -6.28. The first-order valence-corrected chi connectivity index (χ1v) is 7.71. The molecular weight excluding hydrogens is 397 g/mol. The van der Waals surface area contributed by atoms with Crippen molar-refractivity contribution in [3.05, 3.63) is 64.2 Å². The summed E-state index contributed by atoms with van der Waals surface area (Å²) in [5.41, 5.74) is -2.40. The van der Waals surface area contributed by atoms with E-state index in [2.05, 4.69) is 10.1 Å². The summed E-state index contributed by atoms with van der Waals surface area (Å²) in [7, 11) is 0. The Morgan fingerprint density at radius 1 is 1.11 bits per heavy atom. The van der Waals surface area contributed by atoms with Gasteiger partial charge in [-0.3, -0.25) is 4.79 Å². The number of carbonyl (C=O) groups is 2. The predicted molar refractivity (Wildman–Crippen MR) is 86.3 cm³/mol. The molecule has 2 aromatic carbocycles. The molecule has 0 saturated heterocycles. The van der Waals surface area contributed by atoms with Gasteiger partial charge < -0.3 is 10.1 Å². The smallest absolute Gasteiger partial charge is 0.417 e. The van der Waals surface area contributed by atoms with Crippen molar-refractivity contribution in [1.82, 2.24) is 0 Å². The van der Waals surface area contributed by atoms with Crippen LogP contribution in [0.4, 0.5) is 27.6 Å². The summed E-state index contributed by atoms with van der Waals surface area (Å²) in [4.78, 5) is 23.8. The lowest BCUT2D eigenvalue weighted by atomic mass is 10.2. The van der Waals surface area contributed by atoms with Gasteiger partial charge in [0.05, 0.1) is 10.6 Å². The summed E-state index contributed by atoms with van der Waals surface area (Å²) in [6.45, 7) is 1.09. The monoisotopic (exact) mass is 407 g/mol. The van der Waals surface area contributed by atoms with Crippen LogP contribution < -0.4 is 5.32 Å². The molecule has 0 fully saturated rings. The van der Waals surface area contributed by atoms with Crippen LogP contribution in [0, 0.1) is 11.6 Å².